The van der Waals surface area contributed by atoms with Crippen LogP contribution in [-0.2, 0) is 5.72 Å². The van der Waals surface area contributed by atoms with Crippen molar-refractivity contribution in [2.45, 2.75) is 12.6 Å². The van der Waals surface area contributed by atoms with Crippen LogP contribution in [0.5, 0.6) is 0 Å². The number of anilines is 2. The Morgan fingerprint density at radius 2 is 2.03 bits per heavy atom. The van der Waals surface area contributed by atoms with Crippen LogP contribution in [0.3, 0.4) is 0 Å². The van der Waals surface area contributed by atoms with Gasteiger partial charge in [0.25, 0.3) is 0 Å². The molecule has 4 aromatic rings. The van der Waals surface area contributed by atoms with Crippen molar-refractivity contribution in [1.82, 2.24) is 24.6 Å². The highest BCUT2D eigenvalue weighted by Gasteiger charge is 2.31. The zero-order valence-electron chi connectivity index (χ0n) is 15.5. The number of halogens is 2. The predicted molar refractivity (Wildman–Crippen MR) is 113 cm³/mol. The van der Waals surface area contributed by atoms with Gasteiger partial charge < -0.3 is 16.2 Å². The number of aromatic nitrogens is 5. The van der Waals surface area contributed by atoms with E-state index >= 15 is 0 Å². The molecule has 0 radical (unpaired) electrons. The highest BCUT2D eigenvalue weighted by Crippen LogP contribution is 2.34. The molecule has 30 heavy (non-hydrogen) atoms. The number of hydrogen-bond donors (Lipinski definition) is 3. The third-order valence-corrected chi connectivity index (χ3v) is 4.92. The SMILES string of the molecule is C[C@](O)(Nc1ncnc(N)c1C#N)c1cc2ncc(Cl)n2nc1-c1cccc(Cl)c1. The Labute approximate surface area is 180 Å². The average Bonchev–Trinajstić information content (AvgIpc) is 3.07. The van der Waals surface area contributed by atoms with Crippen molar-refractivity contribution >= 4 is 40.5 Å². The van der Waals surface area contributed by atoms with E-state index in [9.17, 15) is 10.4 Å². The Hall–Kier alpha value is -3.45. The second-order valence-electron chi connectivity index (χ2n) is 6.56. The Morgan fingerprint density at radius 3 is 2.77 bits per heavy atom. The van der Waals surface area contributed by atoms with Crippen LogP contribution >= 0.6 is 23.2 Å². The molecule has 0 saturated heterocycles. The molecule has 1 atom stereocenters. The topological polar surface area (TPSA) is 138 Å². The maximum atomic E-state index is 11.4. The van der Waals surface area contributed by atoms with Gasteiger partial charge in [0, 0.05) is 16.1 Å². The minimum atomic E-state index is -1.72. The van der Waals surface area contributed by atoms with E-state index in [0.717, 1.165) is 0 Å². The van der Waals surface area contributed by atoms with Crippen LogP contribution in [0.15, 0.2) is 42.9 Å². The molecule has 0 aliphatic heterocycles. The number of aliphatic hydroxyl groups is 1. The molecule has 11 heteroatoms. The number of hydrogen-bond acceptors (Lipinski definition) is 8. The summed E-state index contributed by atoms with van der Waals surface area (Å²) >= 11 is 12.3. The summed E-state index contributed by atoms with van der Waals surface area (Å²) in [6, 6.07) is 10.6. The third kappa shape index (κ3) is 3.48. The number of nitrogens with zero attached hydrogens (tertiary/aromatic N) is 6. The monoisotopic (exact) mass is 440 g/mol. The molecule has 0 fully saturated rings. The van der Waals surface area contributed by atoms with Crippen LogP contribution < -0.4 is 11.1 Å². The molecule has 1 aromatic carbocycles. The van der Waals surface area contributed by atoms with Crippen molar-refractivity contribution in [2.24, 2.45) is 0 Å². The molecule has 150 valence electrons. The summed E-state index contributed by atoms with van der Waals surface area (Å²) in [5, 5.41) is 29.0. The summed E-state index contributed by atoms with van der Waals surface area (Å²) in [7, 11) is 0. The van der Waals surface area contributed by atoms with Crippen molar-refractivity contribution in [3.63, 3.8) is 0 Å². The second-order valence-corrected chi connectivity index (χ2v) is 7.38. The van der Waals surface area contributed by atoms with E-state index in [4.69, 9.17) is 28.9 Å². The predicted octanol–water partition coefficient (Wildman–Crippen LogP) is 3.22. The van der Waals surface area contributed by atoms with Gasteiger partial charge >= 0.3 is 0 Å². The molecule has 4 rings (SSSR count). The summed E-state index contributed by atoms with van der Waals surface area (Å²) in [6.07, 6.45) is 2.65. The first-order valence-electron chi connectivity index (χ1n) is 8.62. The molecular formula is C19H14Cl2N8O. The summed E-state index contributed by atoms with van der Waals surface area (Å²) in [5.41, 5.74) is 5.88. The molecule has 0 amide bonds. The van der Waals surface area contributed by atoms with E-state index in [-0.39, 0.29) is 17.2 Å². The first-order valence-corrected chi connectivity index (χ1v) is 9.37. The lowest BCUT2D eigenvalue weighted by Crippen LogP contribution is -2.33. The fourth-order valence-electron chi connectivity index (χ4n) is 3.01. The maximum Gasteiger partial charge on any atom is 0.162 e. The molecule has 0 unspecified atom stereocenters. The molecule has 3 heterocycles. The number of nitrogens with one attached hydrogen (secondary N) is 1. The van der Waals surface area contributed by atoms with Gasteiger partial charge in [-0.1, -0.05) is 35.3 Å². The van der Waals surface area contributed by atoms with Gasteiger partial charge in [0.05, 0.1) is 11.9 Å². The largest absolute Gasteiger partial charge is 0.382 e. The molecule has 0 aliphatic rings. The van der Waals surface area contributed by atoms with Crippen LogP contribution in [0, 0.1) is 11.3 Å². The minimum Gasteiger partial charge on any atom is -0.382 e. The van der Waals surface area contributed by atoms with Crippen LogP contribution in [-0.4, -0.2) is 29.7 Å². The first kappa shape index (κ1) is 19.8. The second kappa shape index (κ2) is 7.42. The van der Waals surface area contributed by atoms with Crippen LogP contribution in [0.25, 0.3) is 16.9 Å². The Balaban J connectivity index is 1.91. The number of nitriles is 1. The van der Waals surface area contributed by atoms with Gasteiger partial charge in [0.15, 0.2) is 22.3 Å². The molecule has 0 spiro atoms. The van der Waals surface area contributed by atoms with Gasteiger partial charge in [-0.15, -0.1) is 0 Å². The fraction of sp³-hybridized carbons (Fsp3) is 0.105. The molecule has 0 saturated carbocycles. The Kier molecular flexibility index (Phi) is 4.91. The van der Waals surface area contributed by atoms with Crippen molar-refractivity contribution in [3.05, 3.63) is 64.2 Å². The lowest BCUT2D eigenvalue weighted by molar-refractivity contribution is 0.0885. The van der Waals surface area contributed by atoms with Crippen molar-refractivity contribution in [1.29, 1.82) is 5.26 Å². The normalized spacial score (nSPS) is 13.0. The molecular weight excluding hydrogens is 427 g/mol. The molecule has 3 aromatic heterocycles. The number of rotatable bonds is 4. The smallest absolute Gasteiger partial charge is 0.162 e. The number of fused-ring (bicyclic) bond motifs is 1. The standard InChI is InChI=1S/C19H14Cl2N8O/c1-19(30,27-18-12(7-22)17(23)25-9-26-18)13-6-15-24-8-14(21)29(15)28-16(13)10-3-2-4-11(20)5-10/h2-6,8-9,30H,1H3,(H3,23,25,26,27)/t19-/m1/s1. The highest BCUT2D eigenvalue weighted by atomic mass is 35.5. The summed E-state index contributed by atoms with van der Waals surface area (Å²) in [4.78, 5) is 12.0. The zero-order valence-corrected chi connectivity index (χ0v) is 17.0. The van der Waals surface area contributed by atoms with Crippen molar-refractivity contribution in [3.8, 4) is 17.3 Å². The van der Waals surface area contributed by atoms with Crippen molar-refractivity contribution < 1.29 is 5.11 Å². The van der Waals surface area contributed by atoms with E-state index in [2.05, 4.69) is 25.4 Å². The highest BCUT2D eigenvalue weighted by molar-refractivity contribution is 6.31. The van der Waals surface area contributed by atoms with Crippen molar-refractivity contribution in [2.75, 3.05) is 11.1 Å². The molecule has 4 N–H and O–H groups in total. The minimum absolute atomic E-state index is 0.00511. The summed E-state index contributed by atoms with van der Waals surface area (Å²) in [5.74, 6) is 0.0720. The Morgan fingerprint density at radius 1 is 1.23 bits per heavy atom. The molecule has 0 bridgehead atoms. The van der Waals surface area contributed by atoms with Gasteiger partial charge in [-0.05, 0) is 25.1 Å². The Bertz CT molecular complexity index is 1310. The van der Waals surface area contributed by atoms with Gasteiger partial charge in [0.1, 0.15) is 23.8 Å². The van der Waals surface area contributed by atoms with Gasteiger partial charge in [0.2, 0.25) is 0 Å². The number of benzene rings is 1. The zero-order chi connectivity index (χ0) is 21.5. The number of nitrogens with two attached hydrogens (primary N) is 1. The van der Waals surface area contributed by atoms with Gasteiger partial charge in [-0.3, -0.25) is 0 Å². The van der Waals surface area contributed by atoms with E-state index in [1.807, 2.05) is 6.07 Å². The van der Waals surface area contributed by atoms with Crippen LogP contribution in [0.1, 0.15) is 18.1 Å². The lowest BCUT2D eigenvalue weighted by Gasteiger charge is -2.28. The fourth-order valence-corrected chi connectivity index (χ4v) is 3.37. The van der Waals surface area contributed by atoms with E-state index in [1.54, 1.807) is 30.3 Å². The quantitative estimate of drug-likeness (QED) is 0.411. The van der Waals surface area contributed by atoms with Crippen LogP contribution in [0.2, 0.25) is 10.2 Å². The first-order chi connectivity index (χ1) is 14.3. The van der Waals surface area contributed by atoms with E-state index < -0.39 is 5.72 Å². The molecule has 9 nitrogen and oxygen atoms in total. The number of imidazole rings is 1. The molecule has 0 aliphatic carbocycles. The van der Waals surface area contributed by atoms with Gasteiger partial charge in [-0.25, -0.2) is 19.5 Å². The number of nitrogen functional groups attached to an aromatic ring is 1. The van der Waals surface area contributed by atoms with E-state index in [0.29, 0.717) is 32.6 Å². The average molecular weight is 441 g/mol. The third-order valence-electron chi connectivity index (χ3n) is 4.42. The lowest BCUT2D eigenvalue weighted by atomic mass is 9.98. The van der Waals surface area contributed by atoms with Gasteiger partial charge in [-0.2, -0.15) is 10.4 Å². The summed E-state index contributed by atoms with van der Waals surface area (Å²) in [6.45, 7) is 1.50. The van der Waals surface area contributed by atoms with E-state index in [1.165, 1.54) is 24.0 Å². The summed E-state index contributed by atoms with van der Waals surface area (Å²) < 4.78 is 1.45. The maximum absolute atomic E-state index is 11.4. The van der Waals surface area contributed by atoms with Crippen LogP contribution in [0.4, 0.5) is 11.6 Å².